The number of epoxide rings is 1. The number of likely N-dealkylation sites (tertiary alicyclic amines) is 1. The van der Waals surface area contributed by atoms with Gasteiger partial charge in [0.1, 0.15) is 5.78 Å². The van der Waals surface area contributed by atoms with Crippen molar-refractivity contribution in [2.45, 2.75) is 148 Å². The van der Waals surface area contributed by atoms with Crippen molar-refractivity contribution in [3.63, 3.8) is 0 Å². The van der Waals surface area contributed by atoms with Crippen LogP contribution in [-0.4, -0.2) is 97.9 Å². The number of carbonyl (C=O) groups is 2. The van der Waals surface area contributed by atoms with Crippen LogP contribution in [0.5, 0.6) is 0 Å². The predicted molar refractivity (Wildman–Crippen MR) is 190 cm³/mol. The number of carbonyl (C=O) groups excluding carboxylic acids is 2. The summed E-state index contributed by atoms with van der Waals surface area (Å²) in [5.74, 6) is 1.21. The molecule has 10 atom stereocenters. The zero-order valence-electron chi connectivity index (χ0n) is 30.0. The zero-order chi connectivity index (χ0) is 33.9. The summed E-state index contributed by atoms with van der Waals surface area (Å²) < 4.78 is 23.6. The van der Waals surface area contributed by atoms with Crippen LogP contribution in [0.25, 0.3) is 0 Å². The first kappa shape index (κ1) is 38.7. The first-order chi connectivity index (χ1) is 21.9. The Morgan fingerprint density at radius 2 is 1.91 bits per heavy atom. The highest BCUT2D eigenvalue weighted by molar-refractivity contribution is 5.78. The molecule has 272 valence electrons. The molecule has 0 aliphatic carbocycles. The second-order valence-electron chi connectivity index (χ2n) is 14.6. The third-order valence-electron chi connectivity index (χ3n) is 10.4. The number of aliphatic hydroxyl groups excluding tert-OH is 1. The summed E-state index contributed by atoms with van der Waals surface area (Å²) in [7, 11) is 3.57. The van der Waals surface area contributed by atoms with E-state index in [1.807, 2.05) is 7.05 Å². The number of allylic oxidation sites excluding steroid dienone is 3. The van der Waals surface area contributed by atoms with Gasteiger partial charge >= 0.3 is 6.09 Å². The van der Waals surface area contributed by atoms with Crippen molar-refractivity contribution in [1.29, 1.82) is 0 Å². The number of hydrogen-bond acceptors (Lipinski definition) is 8. The molecule has 0 bridgehead atoms. The lowest BCUT2D eigenvalue weighted by Crippen LogP contribution is -2.36. The van der Waals surface area contributed by atoms with E-state index >= 15 is 0 Å². The third-order valence-corrected chi connectivity index (χ3v) is 10.4. The average Bonchev–Trinajstić information content (AvgIpc) is 3.43. The lowest BCUT2D eigenvalue weighted by Gasteiger charge is -2.35. The van der Waals surface area contributed by atoms with E-state index in [9.17, 15) is 14.7 Å². The molecule has 1 unspecified atom stereocenters. The van der Waals surface area contributed by atoms with E-state index in [0.29, 0.717) is 49.7 Å². The minimum atomic E-state index is -0.531. The summed E-state index contributed by atoms with van der Waals surface area (Å²) in [6, 6.07) is 0.359. The van der Waals surface area contributed by atoms with Gasteiger partial charge in [0.05, 0.1) is 42.7 Å². The number of aliphatic hydroxyl groups is 1. The largest absolute Gasteiger partial charge is 0.449 e. The molecule has 0 radical (unpaired) electrons. The van der Waals surface area contributed by atoms with Gasteiger partial charge in [0.15, 0.2) is 0 Å². The van der Waals surface area contributed by atoms with E-state index in [4.69, 9.17) is 18.9 Å². The number of hydrogen-bond donors (Lipinski definition) is 2. The van der Waals surface area contributed by atoms with Crippen molar-refractivity contribution >= 4 is 11.9 Å². The number of nitrogens with one attached hydrogen (secondary N) is 1. The Balaban J connectivity index is 0. The highest BCUT2D eigenvalue weighted by atomic mass is 16.6. The molecule has 0 spiro atoms. The maximum atomic E-state index is 12.6. The molecule has 0 aromatic rings. The van der Waals surface area contributed by atoms with Gasteiger partial charge < -0.3 is 34.3 Å². The Bertz CT molecular complexity index is 1040. The molecule has 46 heavy (non-hydrogen) atoms. The number of Topliss-reactive ketones (excluding diaryl/α,β-unsaturated/α-hetero) is 1. The van der Waals surface area contributed by atoms with Gasteiger partial charge in [0, 0.05) is 50.7 Å². The normalized spacial score (nSPS) is 31.1. The number of rotatable bonds is 19. The molecule has 3 rings (SSSR count). The molecule has 1 amide bonds. The van der Waals surface area contributed by atoms with Crippen LogP contribution in [0.3, 0.4) is 0 Å². The molecule has 3 aliphatic heterocycles. The SMILES string of the molecule is CNC1CCN(C(=O)OCCCCCC(=O)CC[C@H]2CC[C@H](C)[C@@H](/C(C)=C/C=C/[C@@H](C)C[C@@]3(C)O[C@@H]3[C@H](C)[C@@H](OC)[C@@H](C)O)O2)C1.[HH].[HH].[HH].[HH]. The quantitative estimate of drug-likeness (QED) is 0.0853. The molecule has 0 aromatic heterocycles. The van der Waals surface area contributed by atoms with E-state index in [1.165, 1.54) is 5.57 Å². The van der Waals surface area contributed by atoms with Crippen molar-refractivity contribution in [2.75, 3.05) is 33.9 Å². The summed E-state index contributed by atoms with van der Waals surface area (Å²) >= 11 is 0. The van der Waals surface area contributed by atoms with Crippen LogP contribution >= 0.6 is 0 Å². The van der Waals surface area contributed by atoms with Crippen molar-refractivity contribution in [3.05, 3.63) is 23.8 Å². The van der Waals surface area contributed by atoms with Gasteiger partial charge in [-0.15, -0.1) is 0 Å². The van der Waals surface area contributed by atoms with Gasteiger partial charge in [-0.1, -0.05) is 39.0 Å². The fraction of sp³-hybridized carbons (Fsp3) is 0.838. The van der Waals surface area contributed by atoms with Gasteiger partial charge in [-0.2, -0.15) is 0 Å². The van der Waals surface area contributed by atoms with E-state index < -0.39 is 6.10 Å². The molecule has 0 aromatic carbocycles. The van der Waals surface area contributed by atoms with Crippen LogP contribution in [0, 0.1) is 17.8 Å². The summed E-state index contributed by atoms with van der Waals surface area (Å²) in [6.07, 6.45) is 14.3. The first-order valence-corrected chi connectivity index (χ1v) is 17.9. The third kappa shape index (κ3) is 11.7. The maximum Gasteiger partial charge on any atom is 0.409 e. The summed E-state index contributed by atoms with van der Waals surface area (Å²) in [5, 5.41) is 13.2. The standard InChI is InChI=1S/C37H64N2O7.4H2/c1-25(23-37(6)35(46-37)28(4)34(43-8)29(5)40)13-12-14-26(2)33-27(3)16-18-32(45-33)19-17-31(41)15-10-9-11-22-44-36(42)39-21-20-30(24-39)38-7;;;;/h12-14,25,27-30,32-35,38,40H,9-11,15-24H2,1-8H3;4*1H/b13-12+,26-14+;;;;/t25-,27+,28-,29-,30?,32-,33-,34-,35-,37-;;;;/m1..../s1. The summed E-state index contributed by atoms with van der Waals surface area (Å²) in [5.41, 5.74) is 1.03. The van der Waals surface area contributed by atoms with Crippen LogP contribution < -0.4 is 5.32 Å². The van der Waals surface area contributed by atoms with Crippen LogP contribution in [0.1, 0.15) is 111 Å². The lowest BCUT2D eigenvalue weighted by molar-refractivity contribution is -0.121. The molecular formula is C37H72N2O7. The molecular weight excluding hydrogens is 584 g/mol. The predicted octanol–water partition coefficient (Wildman–Crippen LogP) is 7.21. The average molecular weight is 657 g/mol. The fourth-order valence-corrected chi connectivity index (χ4v) is 7.54. The van der Waals surface area contributed by atoms with Gasteiger partial charge in [-0.05, 0) is 96.6 Å². The number of likely N-dealkylation sites (N-methyl/N-ethyl adjacent to an activating group) is 1. The Morgan fingerprint density at radius 1 is 1.15 bits per heavy atom. The van der Waals surface area contributed by atoms with E-state index in [0.717, 1.165) is 57.9 Å². The number of amides is 1. The molecule has 9 heteroatoms. The Labute approximate surface area is 284 Å². The molecule has 9 nitrogen and oxygen atoms in total. The Kier molecular flexibility index (Phi) is 15.7. The zero-order valence-corrected chi connectivity index (χ0v) is 30.0. The number of nitrogens with zero attached hydrogens (tertiary/aromatic N) is 1. The molecule has 3 aliphatic rings. The van der Waals surface area contributed by atoms with E-state index in [-0.39, 0.29) is 47.7 Å². The second kappa shape index (κ2) is 18.7. The smallest absolute Gasteiger partial charge is 0.409 e. The van der Waals surface area contributed by atoms with Gasteiger partial charge in [-0.3, -0.25) is 4.79 Å². The Hall–Kier alpha value is -1.78. The summed E-state index contributed by atoms with van der Waals surface area (Å²) in [4.78, 5) is 26.5. The van der Waals surface area contributed by atoms with Crippen molar-refractivity contribution in [1.82, 2.24) is 10.2 Å². The molecule has 3 heterocycles. The number of unbranched alkanes of at least 4 members (excludes halogenated alkanes) is 2. The lowest BCUT2D eigenvalue weighted by atomic mass is 9.85. The van der Waals surface area contributed by atoms with Gasteiger partial charge in [-0.25, -0.2) is 4.79 Å². The fourth-order valence-electron chi connectivity index (χ4n) is 7.54. The molecule has 3 fully saturated rings. The van der Waals surface area contributed by atoms with E-state index in [1.54, 1.807) is 18.9 Å². The van der Waals surface area contributed by atoms with Gasteiger partial charge in [0.25, 0.3) is 0 Å². The summed E-state index contributed by atoms with van der Waals surface area (Å²) in [6.45, 7) is 14.5. The minimum absolute atomic E-state index is 0. The highest BCUT2D eigenvalue weighted by Gasteiger charge is 2.56. The molecule has 0 saturated carbocycles. The van der Waals surface area contributed by atoms with E-state index in [2.05, 4.69) is 58.2 Å². The van der Waals surface area contributed by atoms with Crippen LogP contribution in [-0.2, 0) is 23.7 Å². The van der Waals surface area contributed by atoms with Crippen molar-refractivity contribution in [2.24, 2.45) is 17.8 Å². The Morgan fingerprint density at radius 3 is 2.59 bits per heavy atom. The van der Waals surface area contributed by atoms with Crippen molar-refractivity contribution in [3.8, 4) is 0 Å². The number of ether oxygens (including phenoxy) is 4. The molecule has 2 N–H and O–H groups in total. The van der Waals surface area contributed by atoms with Crippen LogP contribution in [0.2, 0.25) is 0 Å². The second-order valence-corrected chi connectivity index (χ2v) is 14.6. The van der Waals surface area contributed by atoms with Crippen LogP contribution in [0.15, 0.2) is 23.8 Å². The highest BCUT2D eigenvalue weighted by Crippen LogP contribution is 2.47. The molecule has 3 saturated heterocycles. The number of methoxy groups -OCH3 is 1. The minimum Gasteiger partial charge on any atom is -0.449 e. The number of ketones is 1. The van der Waals surface area contributed by atoms with Crippen LogP contribution in [0.4, 0.5) is 4.79 Å². The topological polar surface area (TPSA) is 110 Å². The van der Waals surface area contributed by atoms with Crippen molar-refractivity contribution < 1.29 is 39.3 Å². The maximum absolute atomic E-state index is 12.6. The first-order valence-electron chi connectivity index (χ1n) is 17.9. The monoisotopic (exact) mass is 657 g/mol. The van der Waals surface area contributed by atoms with Gasteiger partial charge in [0.2, 0.25) is 0 Å².